The maximum Gasteiger partial charge on any atom is 0.229 e. The van der Waals surface area contributed by atoms with Gasteiger partial charge in [-0.15, -0.1) is 0 Å². The van der Waals surface area contributed by atoms with E-state index >= 15 is 0 Å². The second kappa shape index (κ2) is 35.4. The maximum atomic E-state index is 13.1. The number of ether oxygens (including phenoxy) is 2. The second-order valence-electron chi connectivity index (χ2n) is 26.8. The van der Waals surface area contributed by atoms with Crippen molar-refractivity contribution in [3.63, 3.8) is 0 Å². The molecule has 8 aromatic rings. The molecule has 0 bridgehead atoms. The van der Waals surface area contributed by atoms with Gasteiger partial charge < -0.3 is 51.2 Å². The Kier molecular flexibility index (Phi) is 25.6. The number of anilines is 2. The number of pyridine rings is 2. The quantitative estimate of drug-likeness (QED) is 0.0278. The zero-order valence-electron chi connectivity index (χ0n) is 59.0. The van der Waals surface area contributed by atoms with Crippen LogP contribution >= 0.6 is 0 Å². The van der Waals surface area contributed by atoms with E-state index in [4.69, 9.17) is 19.4 Å². The lowest BCUT2D eigenvalue weighted by atomic mass is 10.0. The number of aromatic nitrogens is 6. The molecule has 99 heavy (non-hydrogen) atoms. The Bertz CT molecular complexity index is 4020. The number of nitrogens with zero attached hydrogens (tertiary/aromatic N) is 10. The zero-order chi connectivity index (χ0) is 69.0. The van der Waals surface area contributed by atoms with Crippen molar-refractivity contribution in [2.45, 2.75) is 150 Å². The summed E-state index contributed by atoms with van der Waals surface area (Å²) in [6.45, 7) is 24.5. The molecule has 4 saturated heterocycles. The van der Waals surface area contributed by atoms with Gasteiger partial charge in [0.1, 0.15) is 12.8 Å². The third kappa shape index (κ3) is 19.6. The molecule has 4 aromatic carbocycles. The third-order valence-corrected chi connectivity index (χ3v) is 19.5. The van der Waals surface area contributed by atoms with Crippen LogP contribution in [0.4, 0.5) is 11.4 Å². The van der Waals surface area contributed by atoms with Crippen LogP contribution in [0.1, 0.15) is 117 Å². The van der Waals surface area contributed by atoms with E-state index in [0.29, 0.717) is 25.9 Å². The molecule has 0 saturated carbocycles. The van der Waals surface area contributed by atoms with E-state index in [1.165, 1.54) is 17.5 Å². The summed E-state index contributed by atoms with van der Waals surface area (Å²) in [6.07, 6.45) is 9.45. The van der Waals surface area contributed by atoms with Gasteiger partial charge in [0.15, 0.2) is 11.3 Å². The summed E-state index contributed by atoms with van der Waals surface area (Å²) in [7, 11) is 4.37. The van der Waals surface area contributed by atoms with Crippen LogP contribution < -0.4 is 31.9 Å². The number of benzene rings is 4. The number of hydrogen-bond donors (Lipinski definition) is 6. The van der Waals surface area contributed by atoms with Gasteiger partial charge in [0.2, 0.25) is 23.6 Å². The average molecular weight is 1350 g/mol. The van der Waals surface area contributed by atoms with E-state index in [0.717, 1.165) is 220 Å². The predicted molar refractivity (Wildman–Crippen MR) is 391 cm³/mol. The normalized spacial score (nSPS) is 16.2. The summed E-state index contributed by atoms with van der Waals surface area (Å²) >= 11 is 0. The van der Waals surface area contributed by atoms with Crippen molar-refractivity contribution in [2.75, 3.05) is 104 Å². The predicted octanol–water partition coefficient (Wildman–Crippen LogP) is 9.07. The number of fused-ring (bicyclic) bond motifs is 2. The topological polar surface area (TPSA) is 233 Å². The van der Waals surface area contributed by atoms with Gasteiger partial charge in [-0.25, -0.2) is 19.3 Å². The number of amides is 4. The lowest BCUT2D eigenvalue weighted by Gasteiger charge is -2.32. The molecular weight excluding hydrogens is 1240 g/mol. The van der Waals surface area contributed by atoms with E-state index in [2.05, 4.69) is 176 Å². The van der Waals surface area contributed by atoms with Gasteiger partial charge >= 0.3 is 0 Å². The van der Waals surface area contributed by atoms with Gasteiger partial charge in [0.25, 0.3) is 0 Å². The molecule has 4 fully saturated rings. The van der Waals surface area contributed by atoms with Crippen molar-refractivity contribution < 1.29 is 28.7 Å². The molecular formula is C77H102N16O6. The monoisotopic (exact) mass is 1350 g/mol. The van der Waals surface area contributed by atoms with Crippen LogP contribution in [0.5, 0.6) is 0 Å². The van der Waals surface area contributed by atoms with Crippen molar-refractivity contribution in [3.8, 4) is 22.3 Å². The third-order valence-electron chi connectivity index (χ3n) is 19.5. The number of likely N-dealkylation sites (N-methyl/N-ethyl adjacent to an activating group) is 2. The molecule has 4 amide bonds. The number of hydrogen-bond acceptors (Lipinski definition) is 16. The van der Waals surface area contributed by atoms with Crippen molar-refractivity contribution in [1.82, 2.24) is 70.4 Å². The van der Waals surface area contributed by atoms with Crippen LogP contribution in [0, 0.1) is 0 Å². The smallest absolute Gasteiger partial charge is 0.229 e. The fourth-order valence-electron chi connectivity index (χ4n) is 13.7. The van der Waals surface area contributed by atoms with Crippen molar-refractivity contribution >= 4 is 57.1 Å². The number of carbonyl (C=O) groups is 4. The molecule has 8 heterocycles. The highest BCUT2D eigenvalue weighted by molar-refractivity contribution is 5.98. The fraction of sp³-hybridized carbons (Fsp3) is 0.481. The first-order valence-electron chi connectivity index (χ1n) is 36.0. The van der Waals surface area contributed by atoms with E-state index in [1.54, 1.807) is 0 Å². The van der Waals surface area contributed by atoms with Gasteiger partial charge in [-0.3, -0.25) is 29.0 Å². The van der Waals surface area contributed by atoms with E-state index in [9.17, 15) is 19.2 Å². The molecule has 0 spiro atoms. The fourth-order valence-corrected chi connectivity index (χ4v) is 13.7. The average Bonchev–Trinajstić information content (AvgIpc) is 1.74. The molecule has 526 valence electrons. The number of carbonyl (C=O) groups excluding carboxylic acids is 4. The minimum atomic E-state index is -0.327. The summed E-state index contributed by atoms with van der Waals surface area (Å²) in [5, 5.41) is 30.4. The Hall–Kier alpha value is -8.64. The molecule has 4 aromatic heterocycles. The van der Waals surface area contributed by atoms with E-state index in [-0.39, 0.29) is 61.6 Å². The SMILES string of the molecule is CCc1nc2c(cnn2CC)c(NC2CCOCC2)c1CNC(=O)CC(=O)NCc1cccc(-c2cccc(CN3CCCN(C)CC3)c2)c1.CCc1nc2c(cnn2CC)c(NC2CCOCC2)c1CNC(=O)CC(=O)NCc1cccc(-c2cccc(CN3CCN(C)CC3)c2)c1. The largest absolute Gasteiger partial charge is 0.381 e. The van der Waals surface area contributed by atoms with Crippen LogP contribution in [0.15, 0.2) is 109 Å². The first-order valence-corrected chi connectivity index (χ1v) is 36.0. The van der Waals surface area contributed by atoms with E-state index < -0.39 is 0 Å². The van der Waals surface area contributed by atoms with Gasteiger partial charge in [0.05, 0.1) is 34.5 Å². The Morgan fingerprint density at radius 3 is 1.21 bits per heavy atom. The number of rotatable bonds is 26. The summed E-state index contributed by atoms with van der Waals surface area (Å²) in [5.41, 5.74) is 16.4. The molecule has 12 rings (SSSR count). The molecule has 0 radical (unpaired) electrons. The van der Waals surface area contributed by atoms with Crippen LogP contribution in [0.2, 0.25) is 0 Å². The Morgan fingerprint density at radius 2 is 0.818 bits per heavy atom. The molecule has 4 aliphatic heterocycles. The summed E-state index contributed by atoms with van der Waals surface area (Å²) in [6, 6.07) is 34.4. The van der Waals surface area contributed by atoms with Crippen LogP contribution in [-0.2, 0) is 93.9 Å². The van der Waals surface area contributed by atoms with Crippen molar-refractivity contribution in [1.29, 1.82) is 0 Å². The van der Waals surface area contributed by atoms with Crippen molar-refractivity contribution in [3.05, 3.63) is 154 Å². The van der Waals surface area contributed by atoms with Crippen LogP contribution in [-0.4, -0.2) is 178 Å². The Balaban J connectivity index is 0.000000200. The first kappa shape index (κ1) is 71.6. The number of nitrogens with one attached hydrogen (secondary N) is 6. The maximum absolute atomic E-state index is 13.1. The standard InChI is InChI=1S/C39H52N8O3.C38H50N8O3/c1-4-35-33(38(43-32-13-19-50-20-14-32)34-26-42-47(5-2)39(34)44-35)25-41-37(49)23-36(48)40-24-28-9-6-11-30(21-28)31-12-7-10-29(22-31)27-46-16-8-15-45(3)17-18-46;1-4-34-32(37(42-31-12-18-49-19-13-31)33-25-41-46(5-2)38(33)43-34)24-40-36(48)22-35(47)39-23-27-8-6-10-29(20-27)30-11-7-9-28(21-30)26-45-16-14-44(3)15-17-45/h6-7,9-12,21-22,26,32H,4-5,8,13-20,23-25,27H2,1-3H3,(H,40,48)(H,41,49)(H,43,44);6-11,20-21,25,31H,4-5,12-19,22-24,26H2,1-3H3,(H,39,47)(H,40,48)(H,42,43). The van der Waals surface area contributed by atoms with Gasteiger partial charge in [-0.2, -0.15) is 10.2 Å². The summed E-state index contributed by atoms with van der Waals surface area (Å²) in [4.78, 5) is 71.6. The van der Waals surface area contributed by atoms with Crippen LogP contribution in [0.25, 0.3) is 44.3 Å². The molecule has 6 N–H and O–H groups in total. The lowest BCUT2D eigenvalue weighted by molar-refractivity contribution is -0.131. The highest BCUT2D eigenvalue weighted by Gasteiger charge is 2.26. The molecule has 22 nitrogen and oxygen atoms in total. The highest BCUT2D eigenvalue weighted by Crippen LogP contribution is 2.34. The number of piperazine rings is 1. The Morgan fingerprint density at radius 1 is 0.455 bits per heavy atom. The zero-order valence-corrected chi connectivity index (χ0v) is 59.0. The molecule has 22 heteroatoms. The highest BCUT2D eigenvalue weighted by atomic mass is 16.5. The second-order valence-corrected chi connectivity index (χ2v) is 26.8. The van der Waals surface area contributed by atoms with E-state index in [1.807, 2.05) is 46.0 Å². The molecule has 4 aliphatic rings. The van der Waals surface area contributed by atoms with Gasteiger partial charge in [-0.1, -0.05) is 86.6 Å². The summed E-state index contributed by atoms with van der Waals surface area (Å²) in [5.74, 6) is -1.28. The van der Waals surface area contributed by atoms with Crippen molar-refractivity contribution in [2.24, 2.45) is 0 Å². The lowest BCUT2D eigenvalue weighted by Crippen LogP contribution is -2.43. The Labute approximate surface area is 583 Å². The molecule has 0 unspecified atom stereocenters. The van der Waals surface area contributed by atoms with Gasteiger partial charge in [0, 0.05) is 153 Å². The van der Waals surface area contributed by atoms with Gasteiger partial charge in [-0.05, 0) is 155 Å². The minimum Gasteiger partial charge on any atom is -0.381 e. The van der Waals surface area contributed by atoms with Crippen LogP contribution in [0.3, 0.4) is 0 Å². The number of aryl methyl sites for hydroxylation is 4. The molecule has 0 aliphatic carbocycles. The summed E-state index contributed by atoms with van der Waals surface area (Å²) < 4.78 is 15.0. The first-order chi connectivity index (χ1) is 48.3. The molecule has 0 atom stereocenters. The minimum absolute atomic E-state index is 0.248.